The lowest BCUT2D eigenvalue weighted by atomic mass is 10.1. The average Bonchev–Trinajstić information content (AvgIpc) is 2.72. The van der Waals surface area contributed by atoms with Gasteiger partial charge in [0.2, 0.25) is 0 Å². The fourth-order valence-electron chi connectivity index (χ4n) is 1.30. The number of hydrogen-bond acceptors (Lipinski definition) is 2. The topological polar surface area (TPSA) is 12.9 Å². The zero-order valence-corrected chi connectivity index (χ0v) is 8.79. The fourth-order valence-corrected chi connectivity index (χ4v) is 1.94. The minimum atomic E-state index is 1.08. The van der Waals surface area contributed by atoms with Gasteiger partial charge in [0, 0.05) is 17.1 Å². The molecule has 14 heavy (non-hydrogen) atoms. The molecule has 0 aliphatic rings. The van der Waals surface area contributed by atoms with E-state index in [1.54, 1.807) is 11.3 Å². The van der Waals surface area contributed by atoms with Gasteiger partial charge < -0.3 is 0 Å². The van der Waals surface area contributed by atoms with Gasteiger partial charge in [-0.15, -0.1) is 11.3 Å². The first-order valence-electron chi connectivity index (χ1n) is 4.53. The molecule has 2 heteroatoms. The third-order valence-corrected chi connectivity index (χ3v) is 2.77. The van der Waals surface area contributed by atoms with E-state index in [0.717, 1.165) is 5.01 Å². The Kier molecular flexibility index (Phi) is 2.75. The third kappa shape index (κ3) is 1.91. The van der Waals surface area contributed by atoms with Crippen LogP contribution in [0, 0.1) is 0 Å². The van der Waals surface area contributed by atoms with Crippen molar-refractivity contribution in [2.24, 2.45) is 0 Å². The number of benzene rings is 1. The molecule has 0 atom stereocenters. The average molecular weight is 201 g/mol. The second-order valence-corrected chi connectivity index (χ2v) is 3.85. The van der Waals surface area contributed by atoms with Crippen molar-refractivity contribution in [3.05, 3.63) is 47.5 Å². The minimum absolute atomic E-state index is 1.08. The Morgan fingerprint density at radius 3 is 2.57 bits per heavy atom. The standard InChI is InChI=1S/C12H11NS/c1-2-3-10-4-6-11(7-5-10)12-13-8-9-14-12/h2-9H,1H3/b3-2+. The van der Waals surface area contributed by atoms with Crippen LogP contribution in [0.25, 0.3) is 16.6 Å². The van der Waals surface area contributed by atoms with Crippen LogP contribution in [-0.4, -0.2) is 4.98 Å². The molecule has 2 aromatic rings. The van der Waals surface area contributed by atoms with Crippen LogP contribution in [0.5, 0.6) is 0 Å². The molecule has 1 aromatic heterocycles. The molecule has 0 amide bonds. The van der Waals surface area contributed by atoms with Crippen LogP contribution in [0.4, 0.5) is 0 Å². The second-order valence-electron chi connectivity index (χ2n) is 2.96. The lowest BCUT2D eigenvalue weighted by molar-refractivity contribution is 1.41. The Bertz CT molecular complexity index is 412. The van der Waals surface area contributed by atoms with Gasteiger partial charge in [0.25, 0.3) is 0 Å². The molecule has 0 radical (unpaired) electrons. The predicted octanol–water partition coefficient (Wildman–Crippen LogP) is 3.84. The van der Waals surface area contributed by atoms with Crippen LogP contribution >= 0.6 is 11.3 Å². The molecule has 0 saturated heterocycles. The number of allylic oxidation sites excluding steroid dienone is 1. The zero-order valence-electron chi connectivity index (χ0n) is 7.97. The van der Waals surface area contributed by atoms with E-state index in [4.69, 9.17) is 0 Å². The van der Waals surface area contributed by atoms with Crippen molar-refractivity contribution >= 4 is 17.4 Å². The zero-order chi connectivity index (χ0) is 9.80. The molecule has 0 aliphatic heterocycles. The SMILES string of the molecule is C/C=C/c1ccc(-c2nccs2)cc1. The van der Waals surface area contributed by atoms with Crippen LogP contribution in [0.3, 0.4) is 0 Å². The van der Waals surface area contributed by atoms with Crippen LogP contribution < -0.4 is 0 Å². The quantitative estimate of drug-likeness (QED) is 0.719. The molecule has 0 aliphatic carbocycles. The van der Waals surface area contributed by atoms with Crippen LogP contribution in [0.2, 0.25) is 0 Å². The van der Waals surface area contributed by atoms with E-state index in [2.05, 4.69) is 35.3 Å². The number of thiazole rings is 1. The van der Waals surface area contributed by atoms with Crippen LogP contribution in [0.15, 0.2) is 41.9 Å². The van der Waals surface area contributed by atoms with Gasteiger partial charge in [0.1, 0.15) is 5.01 Å². The molecule has 0 unspecified atom stereocenters. The summed E-state index contributed by atoms with van der Waals surface area (Å²) in [6.07, 6.45) is 5.96. The van der Waals surface area contributed by atoms with Gasteiger partial charge in [0.05, 0.1) is 0 Å². The monoisotopic (exact) mass is 201 g/mol. The van der Waals surface area contributed by atoms with Crippen molar-refractivity contribution < 1.29 is 0 Å². The molecule has 0 fully saturated rings. The summed E-state index contributed by atoms with van der Waals surface area (Å²) in [5.74, 6) is 0. The van der Waals surface area contributed by atoms with E-state index >= 15 is 0 Å². The first-order chi connectivity index (χ1) is 6.90. The highest BCUT2D eigenvalue weighted by Crippen LogP contribution is 2.21. The molecular weight excluding hydrogens is 190 g/mol. The molecule has 2 rings (SSSR count). The first-order valence-corrected chi connectivity index (χ1v) is 5.41. The Labute approximate surface area is 87.8 Å². The van der Waals surface area contributed by atoms with E-state index in [-0.39, 0.29) is 0 Å². The van der Waals surface area contributed by atoms with E-state index in [1.807, 2.05) is 24.6 Å². The summed E-state index contributed by atoms with van der Waals surface area (Å²) >= 11 is 1.67. The van der Waals surface area contributed by atoms with E-state index in [9.17, 15) is 0 Å². The molecule has 1 nitrogen and oxygen atoms in total. The summed E-state index contributed by atoms with van der Waals surface area (Å²) in [6.45, 7) is 2.02. The largest absolute Gasteiger partial charge is 0.245 e. The number of nitrogens with zero attached hydrogens (tertiary/aromatic N) is 1. The highest BCUT2D eigenvalue weighted by atomic mass is 32.1. The van der Waals surface area contributed by atoms with Crippen LogP contribution in [0.1, 0.15) is 12.5 Å². The Hall–Kier alpha value is -1.41. The van der Waals surface area contributed by atoms with Gasteiger partial charge in [-0.3, -0.25) is 0 Å². The summed E-state index contributed by atoms with van der Waals surface area (Å²) in [5, 5.41) is 3.08. The van der Waals surface area contributed by atoms with Gasteiger partial charge in [-0.05, 0) is 12.5 Å². The molecule has 0 N–H and O–H groups in total. The number of aromatic nitrogens is 1. The van der Waals surface area contributed by atoms with Gasteiger partial charge >= 0.3 is 0 Å². The van der Waals surface area contributed by atoms with E-state index in [0.29, 0.717) is 0 Å². The Balaban J connectivity index is 2.31. The van der Waals surface area contributed by atoms with E-state index < -0.39 is 0 Å². The summed E-state index contributed by atoms with van der Waals surface area (Å²) in [5.41, 5.74) is 2.42. The molecule has 1 aromatic carbocycles. The van der Waals surface area contributed by atoms with Gasteiger partial charge in [-0.2, -0.15) is 0 Å². The molecule has 1 heterocycles. The third-order valence-electron chi connectivity index (χ3n) is 1.95. The van der Waals surface area contributed by atoms with Crippen molar-refractivity contribution in [3.8, 4) is 10.6 Å². The lowest BCUT2D eigenvalue weighted by Crippen LogP contribution is -1.76. The summed E-state index contributed by atoms with van der Waals surface area (Å²) in [6, 6.07) is 8.43. The maximum Gasteiger partial charge on any atom is 0.123 e. The summed E-state index contributed by atoms with van der Waals surface area (Å²) in [4.78, 5) is 4.26. The number of hydrogen-bond donors (Lipinski definition) is 0. The minimum Gasteiger partial charge on any atom is -0.245 e. The highest BCUT2D eigenvalue weighted by Gasteiger charge is 1.98. The molecule has 70 valence electrons. The Morgan fingerprint density at radius 2 is 2.00 bits per heavy atom. The smallest absolute Gasteiger partial charge is 0.123 e. The summed E-state index contributed by atoms with van der Waals surface area (Å²) in [7, 11) is 0. The molecule has 0 saturated carbocycles. The normalized spacial score (nSPS) is 10.9. The Morgan fingerprint density at radius 1 is 1.21 bits per heavy atom. The highest BCUT2D eigenvalue weighted by molar-refractivity contribution is 7.13. The maximum absolute atomic E-state index is 4.26. The fraction of sp³-hybridized carbons (Fsp3) is 0.0833. The van der Waals surface area contributed by atoms with Crippen molar-refractivity contribution in [1.29, 1.82) is 0 Å². The van der Waals surface area contributed by atoms with E-state index in [1.165, 1.54) is 11.1 Å². The van der Waals surface area contributed by atoms with Crippen molar-refractivity contribution in [2.75, 3.05) is 0 Å². The summed E-state index contributed by atoms with van der Waals surface area (Å²) < 4.78 is 0. The number of rotatable bonds is 2. The predicted molar refractivity (Wildman–Crippen MR) is 62.3 cm³/mol. The van der Waals surface area contributed by atoms with Gasteiger partial charge in [-0.25, -0.2) is 4.98 Å². The van der Waals surface area contributed by atoms with Crippen molar-refractivity contribution in [3.63, 3.8) is 0 Å². The lowest BCUT2D eigenvalue weighted by Gasteiger charge is -1.96. The van der Waals surface area contributed by atoms with Gasteiger partial charge in [-0.1, -0.05) is 36.4 Å². The van der Waals surface area contributed by atoms with Crippen LogP contribution in [-0.2, 0) is 0 Å². The van der Waals surface area contributed by atoms with Crippen molar-refractivity contribution in [2.45, 2.75) is 6.92 Å². The molecule has 0 bridgehead atoms. The molecular formula is C12H11NS. The maximum atomic E-state index is 4.26. The first kappa shape index (κ1) is 9.16. The van der Waals surface area contributed by atoms with Crippen molar-refractivity contribution in [1.82, 2.24) is 4.98 Å². The van der Waals surface area contributed by atoms with Gasteiger partial charge in [0.15, 0.2) is 0 Å². The molecule has 0 spiro atoms. The second kappa shape index (κ2) is 4.20.